The Bertz CT molecular complexity index is 787. The van der Waals surface area contributed by atoms with E-state index in [-0.39, 0.29) is 6.79 Å². The molecule has 0 spiro atoms. The number of aromatic nitrogens is 1. The molecule has 1 aromatic heterocycles. The maximum absolute atomic E-state index is 5.93. The number of rotatable bonds is 1. The smallest absolute Gasteiger partial charge is 0.231 e. The first-order valence-electron chi connectivity index (χ1n) is 5.96. The molecule has 0 saturated carbocycles. The van der Waals surface area contributed by atoms with Gasteiger partial charge in [-0.1, -0.05) is 0 Å². The topological polar surface area (TPSA) is 69.5 Å². The minimum atomic E-state index is 0.253. The molecule has 0 unspecified atom stereocenters. The summed E-state index contributed by atoms with van der Waals surface area (Å²) < 4.78 is 16.3. The zero-order valence-electron chi connectivity index (χ0n) is 10.3. The second-order valence-corrected chi connectivity index (χ2v) is 4.46. The minimum absolute atomic E-state index is 0.253. The molecule has 3 N–H and O–H groups in total. The van der Waals surface area contributed by atoms with E-state index in [4.69, 9.17) is 19.9 Å². The van der Waals surface area contributed by atoms with Crippen LogP contribution in [0.15, 0.2) is 24.3 Å². The predicted molar refractivity (Wildman–Crippen MR) is 72.9 cm³/mol. The standard InChI is InChI=1S/C14H12N2O3/c1-17-13-9(15)4-2-7-8-3-5-10-14(19-6-18-10)12(8)16-11(7)13/h2-5,16H,6,15H2,1H3. The molecule has 2 heterocycles. The van der Waals surface area contributed by atoms with Crippen LogP contribution in [0.3, 0.4) is 0 Å². The first-order chi connectivity index (χ1) is 9.29. The fourth-order valence-corrected chi connectivity index (χ4v) is 2.61. The fraction of sp³-hybridized carbons (Fsp3) is 0.143. The van der Waals surface area contributed by atoms with Gasteiger partial charge in [0.25, 0.3) is 0 Å². The van der Waals surface area contributed by atoms with E-state index in [0.717, 1.165) is 33.3 Å². The minimum Gasteiger partial charge on any atom is -0.492 e. The molecule has 96 valence electrons. The Morgan fingerprint density at radius 3 is 2.74 bits per heavy atom. The van der Waals surface area contributed by atoms with Crippen LogP contribution >= 0.6 is 0 Å². The number of methoxy groups -OCH3 is 1. The first-order valence-corrected chi connectivity index (χ1v) is 5.96. The van der Waals surface area contributed by atoms with Gasteiger partial charge in [-0.3, -0.25) is 0 Å². The maximum atomic E-state index is 5.93. The summed E-state index contributed by atoms with van der Waals surface area (Å²) in [7, 11) is 1.61. The summed E-state index contributed by atoms with van der Waals surface area (Å²) in [6.07, 6.45) is 0. The second-order valence-electron chi connectivity index (χ2n) is 4.46. The highest BCUT2D eigenvalue weighted by Gasteiger charge is 2.20. The number of nitrogen functional groups attached to an aromatic ring is 1. The van der Waals surface area contributed by atoms with Gasteiger partial charge in [0.15, 0.2) is 17.2 Å². The number of fused-ring (bicyclic) bond motifs is 5. The summed E-state index contributed by atoms with van der Waals surface area (Å²) in [5, 5.41) is 2.12. The number of nitrogens with one attached hydrogen (secondary N) is 1. The Labute approximate surface area is 108 Å². The van der Waals surface area contributed by atoms with E-state index in [9.17, 15) is 0 Å². The average molecular weight is 256 g/mol. The number of ether oxygens (including phenoxy) is 3. The molecule has 5 nitrogen and oxygen atoms in total. The molecule has 19 heavy (non-hydrogen) atoms. The lowest BCUT2D eigenvalue weighted by Gasteiger charge is -2.04. The van der Waals surface area contributed by atoms with E-state index in [1.54, 1.807) is 7.11 Å². The van der Waals surface area contributed by atoms with E-state index >= 15 is 0 Å². The van der Waals surface area contributed by atoms with Gasteiger partial charge in [0.05, 0.1) is 23.8 Å². The molecule has 4 rings (SSSR count). The lowest BCUT2D eigenvalue weighted by atomic mass is 10.1. The largest absolute Gasteiger partial charge is 0.492 e. The first kappa shape index (κ1) is 10.4. The highest BCUT2D eigenvalue weighted by atomic mass is 16.7. The van der Waals surface area contributed by atoms with Crippen LogP contribution in [0.1, 0.15) is 0 Å². The van der Waals surface area contributed by atoms with Gasteiger partial charge in [0, 0.05) is 10.8 Å². The molecule has 5 heteroatoms. The zero-order chi connectivity index (χ0) is 13.0. The van der Waals surface area contributed by atoms with Gasteiger partial charge >= 0.3 is 0 Å². The van der Waals surface area contributed by atoms with Crippen LogP contribution in [-0.2, 0) is 0 Å². The van der Waals surface area contributed by atoms with Gasteiger partial charge in [-0.05, 0) is 24.3 Å². The molecule has 0 amide bonds. The Morgan fingerprint density at radius 2 is 1.89 bits per heavy atom. The molecule has 0 aliphatic carbocycles. The van der Waals surface area contributed by atoms with Crippen molar-refractivity contribution >= 4 is 27.5 Å². The SMILES string of the molecule is COc1c(N)ccc2c1[nH]c1c3c(ccc12)OCO3. The molecule has 0 bridgehead atoms. The lowest BCUT2D eigenvalue weighted by Crippen LogP contribution is -1.93. The number of H-pyrrole nitrogens is 1. The maximum Gasteiger partial charge on any atom is 0.231 e. The Kier molecular flexibility index (Phi) is 1.90. The molecule has 1 aliphatic heterocycles. The molecule has 2 aromatic carbocycles. The third-order valence-electron chi connectivity index (χ3n) is 3.47. The Morgan fingerprint density at radius 1 is 1.11 bits per heavy atom. The zero-order valence-corrected chi connectivity index (χ0v) is 10.3. The van der Waals surface area contributed by atoms with Crippen molar-refractivity contribution in [2.75, 3.05) is 19.6 Å². The van der Waals surface area contributed by atoms with Crippen molar-refractivity contribution in [2.45, 2.75) is 0 Å². The van der Waals surface area contributed by atoms with Gasteiger partial charge in [0.2, 0.25) is 6.79 Å². The summed E-state index contributed by atoms with van der Waals surface area (Å²) >= 11 is 0. The van der Waals surface area contributed by atoms with Gasteiger partial charge in [-0.25, -0.2) is 0 Å². The van der Waals surface area contributed by atoms with Crippen LogP contribution in [0, 0.1) is 0 Å². The summed E-state index contributed by atoms with van der Waals surface area (Å²) in [6.45, 7) is 0.253. The van der Waals surface area contributed by atoms with Crippen molar-refractivity contribution in [1.29, 1.82) is 0 Å². The summed E-state index contributed by atoms with van der Waals surface area (Å²) in [5.41, 5.74) is 8.32. The van der Waals surface area contributed by atoms with Gasteiger partial charge < -0.3 is 24.9 Å². The number of nitrogens with two attached hydrogens (primary N) is 1. The van der Waals surface area contributed by atoms with E-state index in [0.29, 0.717) is 11.4 Å². The van der Waals surface area contributed by atoms with E-state index < -0.39 is 0 Å². The number of anilines is 1. The third kappa shape index (κ3) is 1.24. The molecular weight excluding hydrogens is 244 g/mol. The van der Waals surface area contributed by atoms with Crippen molar-refractivity contribution in [2.24, 2.45) is 0 Å². The van der Waals surface area contributed by atoms with Crippen LogP contribution in [0.5, 0.6) is 17.2 Å². The van der Waals surface area contributed by atoms with Crippen molar-refractivity contribution in [1.82, 2.24) is 4.98 Å². The average Bonchev–Trinajstić information content (AvgIpc) is 3.01. The van der Waals surface area contributed by atoms with Gasteiger partial charge in [-0.15, -0.1) is 0 Å². The van der Waals surface area contributed by atoms with Gasteiger partial charge in [-0.2, -0.15) is 0 Å². The summed E-state index contributed by atoms with van der Waals surface area (Å²) in [5.74, 6) is 2.15. The van der Waals surface area contributed by atoms with E-state index in [1.165, 1.54) is 0 Å². The Hall–Kier alpha value is -2.56. The normalized spacial score (nSPS) is 13.3. The van der Waals surface area contributed by atoms with Gasteiger partial charge in [0.1, 0.15) is 0 Å². The van der Waals surface area contributed by atoms with E-state index in [1.807, 2.05) is 24.3 Å². The van der Waals surface area contributed by atoms with Crippen molar-refractivity contribution in [3.05, 3.63) is 24.3 Å². The van der Waals surface area contributed by atoms with Crippen LogP contribution in [-0.4, -0.2) is 18.9 Å². The lowest BCUT2D eigenvalue weighted by molar-refractivity contribution is 0.174. The number of hydrogen-bond donors (Lipinski definition) is 2. The second kappa shape index (κ2) is 3.47. The highest BCUT2D eigenvalue weighted by molar-refractivity contribution is 6.12. The molecule has 0 atom stereocenters. The molecule has 0 saturated heterocycles. The molecule has 1 aliphatic rings. The molecule has 3 aromatic rings. The third-order valence-corrected chi connectivity index (χ3v) is 3.47. The molecular formula is C14H12N2O3. The monoisotopic (exact) mass is 256 g/mol. The number of hydrogen-bond acceptors (Lipinski definition) is 4. The van der Waals surface area contributed by atoms with Crippen LogP contribution in [0.4, 0.5) is 5.69 Å². The number of aromatic amines is 1. The Balaban J connectivity index is 2.18. The quantitative estimate of drug-likeness (QED) is 0.657. The highest BCUT2D eigenvalue weighted by Crippen LogP contribution is 2.43. The number of benzene rings is 2. The molecule has 0 fully saturated rings. The van der Waals surface area contributed by atoms with Crippen molar-refractivity contribution in [3.63, 3.8) is 0 Å². The van der Waals surface area contributed by atoms with E-state index in [2.05, 4.69) is 4.98 Å². The van der Waals surface area contributed by atoms with Crippen LogP contribution in [0.25, 0.3) is 21.8 Å². The summed E-state index contributed by atoms with van der Waals surface area (Å²) in [4.78, 5) is 3.33. The summed E-state index contributed by atoms with van der Waals surface area (Å²) in [6, 6.07) is 7.76. The van der Waals surface area contributed by atoms with Crippen LogP contribution in [0.2, 0.25) is 0 Å². The fourth-order valence-electron chi connectivity index (χ4n) is 2.61. The predicted octanol–water partition coefficient (Wildman–Crippen LogP) is 2.64. The molecule has 0 radical (unpaired) electrons. The van der Waals surface area contributed by atoms with Crippen LogP contribution < -0.4 is 19.9 Å². The van der Waals surface area contributed by atoms with Crippen molar-refractivity contribution < 1.29 is 14.2 Å². The van der Waals surface area contributed by atoms with Crippen molar-refractivity contribution in [3.8, 4) is 17.2 Å².